The summed E-state index contributed by atoms with van der Waals surface area (Å²) >= 11 is 0. The van der Waals surface area contributed by atoms with E-state index in [0.717, 1.165) is 25.7 Å². The average molecular weight is 237 g/mol. The highest BCUT2D eigenvalue weighted by Crippen LogP contribution is 2.18. The molecule has 0 unspecified atom stereocenters. The highest BCUT2D eigenvalue weighted by atomic mass is 19.1. The number of nitrogens with two attached hydrogens (primary N) is 1. The highest BCUT2D eigenvalue weighted by molar-refractivity contribution is 5.89. The number of anilines is 2. The molecule has 4 N–H and O–H groups in total. The van der Waals surface area contributed by atoms with Crippen molar-refractivity contribution in [2.75, 3.05) is 11.1 Å². The largest absolute Gasteiger partial charge is 0.399 e. The first-order valence-electron chi connectivity index (χ1n) is 5.77. The summed E-state index contributed by atoms with van der Waals surface area (Å²) in [6.07, 6.45) is 4.33. The maximum absolute atomic E-state index is 13.0. The Labute approximate surface area is 99.4 Å². The standard InChI is InChI=1S/C12H16FN3O/c13-8-5-9(14)7-11(6-8)16-12(17)15-10-3-1-2-4-10/h5-7,10H,1-4,14H2,(H2,15,16,17). The van der Waals surface area contributed by atoms with Crippen molar-refractivity contribution in [2.45, 2.75) is 31.7 Å². The Morgan fingerprint density at radius 2 is 2.00 bits per heavy atom. The number of amides is 2. The van der Waals surface area contributed by atoms with Gasteiger partial charge in [0.05, 0.1) is 0 Å². The minimum absolute atomic E-state index is 0.237. The van der Waals surface area contributed by atoms with Crippen LogP contribution in [0.25, 0.3) is 0 Å². The average Bonchev–Trinajstić information content (AvgIpc) is 2.67. The van der Waals surface area contributed by atoms with Gasteiger partial charge in [-0.2, -0.15) is 0 Å². The first-order valence-corrected chi connectivity index (χ1v) is 5.77. The van der Waals surface area contributed by atoms with Crippen LogP contribution < -0.4 is 16.4 Å². The molecule has 0 radical (unpaired) electrons. The lowest BCUT2D eigenvalue weighted by Gasteiger charge is -2.13. The molecule has 17 heavy (non-hydrogen) atoms. The Morgan fingerprint density at radius 3 is 2.65 bits per heavy atom. The Bertz CT molecular complexity index is 396. The summed E-state index contributed by atoms with van der Waals surface area (Å²) in [4.78, 5) is 11.6. The van der Waals surface area contributed by atoms with Gasteiger partial charge in [0, 0.05) is 17.4 Å². The Kier molecular flexibility index (Phi) is 3.46. The van der Waals surface area contributed by atoms with Gasteiger partial charge in [-0.3, -0.25) is 0 Å². The molecular formula is C12H16FN3O. The van der Waals surface area contributed by atoms with Gasteiger partial charge in [-0.15, -0.1) is 0 Å². The summed E-state index contributed by atoms with van der Waals surface area (Å²) in [5.41, 5.74) is 6.15. The number of benzene rings is 1. The molecule has 5 heteroatoms. The third kappa shape index (κ3) is 3.34. The molecule has 0 atom stereocenters. The molecule has 1 aromatic carbocycles. The SMILES string of the molecule is Nc1cc(F)cc(NC(=O)NC2CCCC2)c1. The quantitative estimate of drug-likeness (QED) is 0.692. The lowest BCUT2D eigenvalue weighted by Crippen LogP contribution is -2.36. The zero-order valence-electron chi connectivity index (χ0n) is 9.50. The van der Waals surface area contributed by atoms with Crippen LogP contribution in [-0.2, 0) is 0 Å². The fraction of sp³-hybridized carbons (Fsp3) is 0.417. The predicted octanol–water partition coefficient (Wildman–Crippen LogP) is 2.47. The van der Waals surface area contributed by atoms with Gasteiger partial charge in [0.15, 0.2) is 0 Å². The van der Waals surface area contributed by atoms with E-state index in [1.54, 1.807) is 0 Å². The van der Waals surface area contributed by atoms with Crippen LogP contribution in [0.5, 0.6) is 0 Å². The van der Waals surface area contributed by atoms with Gasteiger partial charge in [0.1, 0.15) is 5.82 Å². The topological polar surface area (TPSA) is 67.1 Å². The molecule has 1 fully saturated rings. The van der Waals surface area contributed by atoms with Crippen LogP contribution >= 0.6 is 0 Å². The molecule has 92 valence electrons. The fourth-order valence-electron chi connectivity index (χ4n) is 2.11. The number of carbonyl (C=O) groups is 1. The molecule has 2 rings (SSSR count). The second-order valence-corrected chi connectivity index (χ2v) is 4.35. The number of hydrogen-bond donors (Lipinski definition) is 3. The molecule has 0 bridgehead atoms. The van der Waals surface area contributed by atoms with Gasteiger partial charge in [-0.1, -0.05) is 12.8 Å². The first-order chi connectivity index (χ1) is 8.13. The van der Waals surface area contributed by atoms with E-state index in [0.29, 0.717) is 11.4 Å². The van der Waals surface area contributed by atoms with E-state index >= 15 is 0 Å². The summed E-state index contributed by atoms with van der Waals surface area (Å²) in [6, 6.07) is 3.91. The maximum atomic E-state index is 13.0. The van der Waals surface area contributed by atoms with E-state index in [4.69, 9.17) is 5.73 Å². The zero-order valence-corrected chi connectivity index (χ0v) is 9.50. The number of halogens is 1. The first kappa shape index (κ1) is 11.7. The van der Waals surface area contributed by atoms with Crippen molar-refractivity contribution < 1.29 is 9.18 Å². The molecular weight excluding hydrogens is 221 g/mol. The van der Waals surface area contributed by atoms with E-state index in [-0.39, 0.29) is 12.1 Å². The number of nitrogen functional groups attached to an aromatic ring is 1. The number of carbonyl (C=O) groups excluding carboxylic acids is 1. The molecule has 0 heterocycles. The zero-order chi connectivity index (χ0) is 12.3. The normalized spacial score (nSPS) is 15.8. The van der Waals surface area contributed by atoms with Crippen LogP contribution in [0.3, 0.4) is 0 Å². The minimum Gasteiger partial charge on any atom is -0.399 e. The van der Waals surface area contributed by atoms with Gasteiger partial charge in [0.2, 0.25) is 0 Å². The molecule has 1 aromatic rings. The van der Waals surface area contributed by atoms with E-state index in [1.807, 2.05) is 0 Å². The molecule has 1 saturated carbocycles. The van der Waals surface area contributed by atoms with Crippen molar-refractivity contribution in [2.24, 2.45) is 0 Å². The molecule has 0 aromatic heterocycles. The second kappa shape index (κ2) is 5.03. The molecule has 4 nitrogen and oxygen atoms in total. The summed E-state index contributed by atoms with van der Waals surface area (Å²) in [7, 11) is 0. The van der Waals surface area contributed by atoms with E-state index in [9.17, 15) is 9.18 Å². The number of urea groups is 1. The van der Waals surface area contributed by atoms with Gasteiger partial charge in [-0.05, 0) is 31.0 Å². The Hall–Kier alpha value is -1.78. The Balaban J connectivity index is 1.92. The molecule has 1 aliphatic carbocycles. The minimum atomic E-state index is -0.457. The molecule has 0 spiro atoms. The van der Waals surface area contributed by atoms with Crippen molar-refractivity contribution in [1.29, 1.82) is 0 Å². The summed E-state index contributed by atoms with van der Waals surface area (Å²) in [5.74, 6) is -0.457. The third-order valence-corrected chi connectivity index (χ3v) is 2.87. The predicted molar refractivity (Wildman–Crippen MR) is 65.2 cm³/mol. The number of nitrogens with one attached hydrogen (secondary N) is 2. The van der Waals surface area contributed by atoms with Crippen molar-refractivity contribution in [3.8, 4) is 0 Å². The maximum Gasteiger partial charge on any atom is 0.319 e. The summed E-state index contributed by atoms with van der Waals surface area (Å²) in [5, 5.41) is 5.43. The van der Waals surface area contributed by atoms with Crippen LogP contribution in [0.15, 0.2) is 18.2 Å². The van der Waals surface area contributed by atoms with Gasteiger partial charge in [0.25, 0.3) is 0 Å². The summed E-state index contributed by atoms with van der Waals surface area (Å²) in [6.45, 7) is 0. The highest BCUT2D eigenvalue weighted by Gasteiger charge is 2.17. The lowest BCUT2D eigenvalue weighted by atomic mass is 10.2. The Morgan fingerprint density at radius 1 is 1.29 bits per heavy atom. The van der Waals surface area contributed by atoms with E-state index in [2.05, 4.69) is 10.6 Å². The van der Waals surface area contributed by atoms with Gasteiger partial charge < -0.3 is 16.4 Å². The summed E-state index contributed by atoms with van der Waals surface area (Å²) < 4.78 is 13.0. The smallest absolute Gasteiger partial charge is 0.319 e. The molecule has 0 aliphatic heterocycles. The van der Waals surface area contributed by atoms with Gasteiger partial charge >= 0.3 is 6.03 Å². The van der Waals surface area contributed by atoms with Crippen molar-refractivity contribution in [1.82, 2.24) is 5.32 Å². The van der Waals surface area contributed by atoms with E-state index in [1.165, 1.54) is 18.2 Å². The number of hydrogen-bond acceptors (Lipinski definition) is 2. The van der Waals surface area contributed by atoms with Crippen LogP contribution in [0, 0.1) is 5.82 Å². The lowest BCUT2D eigenvalue weighted by molar-refractivity contribution is 0.248. The van der Waals surface area contributed by atoms with Crippen LogP contribution in [0.4, 0.5) is 20.6 Å². The van der Waals surface area contributed by atoms with E-state index < -0.39 is 5.82 Å². The number of rotatable bonds is 2. The van der Waals surface area contributed by atoms with Crippen molar-refractivity contribution >= 4 is 17.4 Å². The van der Waals surface area contributed by atoms with Gasteiger partial charge in [-0.25, -0.2) is 9.18 Å². The molecule has 2 amide bonds. The molecule has 1 aliphatic rings. The van der Waals surface area contributed by atoms with Crippen LogP contribution in [0.1, 0.15) is 25.7 Å². The molecule has 0 saturated heterocycles. The van der Waals surface area contributed by atoms with Crippen LogP contribution in [0.2, 0.25) is 0 Å². The monoisotopic (exact) mass is 237 g/mol. The van der Waals surface area contributed by atoms with Crippen LogP contribution in [-0.4, -0.2) is 12.1 Å². The second-order valence-electron chi connectivity index (χ2n) is 4.35. The fourth-order valence-corrected chi connectivity index (χ4v) is 2.11. The van der Waals surface area contributed by atoms with Crippen molar-refractivity contribution in [3.05, 3.63) is 24.0 Å². The third-order valence-electron chi connectivity index (χ3n) is 2.87. The van der Waals surface area contributed by atoms with Crippen molar-refractivity contribution in [3.63, 3.8) is 0 Å².